The Kier molecular flexibility index (Phi) is 5.47. The fraction of sp³-hybridized carbons (Fsp3) is 0.545. The zero-order valence-corrected chi connectivity index (χ0v) is 10.6. The molecule has 0 unspecified atom stereocenters. The Labute approximate surface area is 98.8 Å². The molecule has 0 aliphatic carbocycles. The molecule has 0 bridgehead atoms. The summed E-state index contributed by atoms with van der Waals surface area (Å²) in [6.07, 6.45) is 6.46. The molecule has 0 atom stereocenters. The summed E-state index contributed by atoms with van der Waals surface area (Å²) in [5.41, 5.74) is 0.609. The summed E-state index contributed by atoms with van der Waals surface area (Å²) in [5.74, 6) is -0.0304. The van der Waals surface area contributed by atoms with E-state index in [2.05, 4.69) is 33.2 Å². The molecule has 2 N–H and O–H groups in total. The molecule has 1 rings (SSSR count). The molecular weight excluding hydrogens is 256 g/mol. The number of nitrogens with one attached hydrogen (secondary N) is 2. The quantitative estimate of drug-likeness (QED) is 0.769. The Morgan fingerprint density at radius 1 is 1.47 bits per heavy atom. The van der Waals surface area contributed by atoms with E-state index in [9.17, 15) is 4.79 Å². The third-order valence-corrected chi connectivity index (χ3v) is 2.67. The molecule has 0 saturated carbocycles. The lowest BCUT2D eigenvalue weighted by atomic mass is 10.2. The normalized spacial score (nSPS) is 10.3. The highest BCUT2D eigenvalue weighted by Gasteiger charge is 2.05. The average Bonchev–Trinajstić information content (AvgIpc) is 2.64. The molecule has 1 heterocycles. The predicted octanol–water partition coefficient (Wildman–Crippen LogP) is 3.09. The Morgan fingerprint density at radius 2 is 2.27 bits per heavy atom. The van der Waals surface area contributed by atoms with Gasteiger partial charge in [-0.3, -0.25) is 4.79 Å². The van der Waals surface area contributed by atoms with Crippen LogP contribution in [0.15, 0.2) is 16.7 Å². The minimum atomic E-state index is -0.0304. The number of amides is 1. The average molecular weight is 273 g/mol. The van der Waals surface area contributed by atoms with Crippen LogP contribution in [0.1, 0.15) is 43.1 Å². The molecule has 4 heteroatoms. The first-order valence-corrected chi connectivity index (χ1v) is 6.15. The lowest BCUT2D eigenvalue weighted by Crippen LogP contribution is -2.24. The summed E-state index contributed by atoms with van der Waals surface area (Å²) >= 11 is 3.29. The molecule has 0 aromatic carbocycles. The van der Waals surface area contributed by atoms with Crippen LogP contribution in [0.2, 0.25) is 0 Å². The lowest BCUT2D eigenvalue weighted by molar-refractivity contribution is 0.0948. The molecule has 1 aromatic rings. The second-order valence-electron chi connectivity index (χ2n) is 3.55. The van der Waals surface area contributed by atoms with E-state index in [0.29, 0.717) is 5.69 Å². The largest absolute Gasteiger partial charge is 0.356 e. The van der Waals surface area contributed by atoms with Gasteiger partial charge in [0.05, 0.1) is 0 Å². The standard InChI is InChI=1S/C11H17BrN2O/c1-2-3-4-5-6-13-11(15)10-7-9(12)8-14-10/h7-8,14H,2-6H2,1H3,(H,13,15). The summed E-state index contributed by atoms with van der Waals surface area (Å²) in [6, 6.07) is 1.78. The molecule has 0 radical (unpaired) electrons. The van der Waals surface area contributed by atoms with Crippen LogP contribution in [0.5, 0.6) is 0 Å². The first-order valence-electron chi connectivity index (χ1n) is 5.36. The Hall–Kier alpha value is -0.770. The van der Waals surface area contributed by atoms with Crippen molar-refractivity contribution in [3.8, 4) is 0 Å². The van der Waals surface area contributed by atoms with Gasteiger partial charge in [-0.2, -0.15) is 0 Å². The summed E-state index contributed by atoms with van der Waals surface area (Å²) in [6.45, 7) is 2.94. The van der Waals surface area contributed by atoms with Crippen molar-refractivity contribution in [2.24, 2.45) is 0 Å². The van der Waals surface area contributed by atoms with Crippen molar-refractivity contribution in [3.05, 3.63) is 22.4 Å². The van der Waals surface area contributed by atoms with Crippen LogP contribution < -0.4 is 5.32 Å². The number of aromatic amines is 1. The molecule has 1 amide bonds. The van der Waals surface area contributed by atoms with E-state index in [4.69, 9.17) is 0 Å². The van der Waals surface area contributed by atoms with Gasteiger partial charge in [-0.25, -0.2) is 0 Å². The van der Waals surface area contributed by atoms with Crippen molar-refractivity contribution in [3.63, 3.8) is 0 Å². The first kappa shape index (κ1) is 12.3. The van der Waals surface area contributed by atoms with Crippen molar-refractivity contribution >= 4 is 21.8 Å². The van der Waals surface area contributed by atoms with Crippen molar-refractivity contribution in [1.82, 2.24) is 10.3 Å². The molecule has 1 aromatic heterocycles. The highest BCUT2D eigenvalue weighted by Crippen LogP contribution is 2.10. The third-order valence-electron chi connectivity index (χ3n) is 2.21. The number of carbonyl (C=O) groups is 1. The minimum absolute atomic E-state index is 0.0304. The van der Waals surface area contributed by atoms with E-state index in [1.807, 2.05) is 0 Å². The fourth-order valence-corrected chi connectivity index (χ4v) is 1.69. The zero-order valence-electron chi connectivity index (χ0n) is 8.98. The second kappa shape index (κ2) is 6.67. The van der Waals surface area contributed by atoms with Crippen LogP contribution in [-0.2, 0) is 0 Å². The van der Waals surface area contributed by atoms with Gasteiger partial charge in [0, 0.05) is 17.2 Å². The van der Waals surface area contributed by atoms with E-state index >= 15 is 0 Å². The number of unbranched alkanes of at least 4 members (excludes halogenated alkanes) is 3. The minimum Gasteiger partial charge on any atom is -0.356 e. The van der Waals surface area contributed by atoms with Gasteiger partial charge in [0.15, 0.2) is 0 Å². The van der Waals surface area contributed by atoms with Gasteiger partial charge < -0.3 is 10.3 Å². The van der Waals surface area contributed by atoms with Crippen LogP contribution in [0, 0.1) is 0 Å². The van der Waals surface area contributed by atoms with Crippen molar-refractivity contribution in [2.75, 3.05) is 6.54 Å². The number of H-pyrrole nitrogens is 1. The van der Waals surface area contributed by atoms with Gasteiger partial charge in [0.1, 0.15) is 5.69 Å². The van der Waals surface area contributed by atoms with Gasteiger partial charge >= 0.3 is 0 Å². The predicted molar refractivity (Wildman–Crippen MR) is 65.0 cm³/mol. The Morgan fingerprint density at radius 3 is 2.87 bits per heavy atom. The second-order valence-corrected chi connectivity index (χ2v) is 4.46. The number of hydrogen-bond donors (Lipinski definition) is 2. The van der Waals surface area contributed by atoms with E-state index in [1.165, 1.54) is 19.3 Å². The molecule has 84 valence electrons. The molecule has 0 spiro atoms. The number of rotatable bonds is 6. The number of hydrogen-bond acceptors (Lipinski definition) is 1. The first-order chi connectivity index (χ1) is 7.24. The zero-order chi connectivity index (χ0) is 11.1. The van der Waals surface area contributed by atoms with Crippen molar-refractivity contribution in [1.29, 1.82) is 0 Å². The van der Waals surface area contributed by atoms with Gasteiger partial charge in [0.25, 0.3) is 5.91 Å². The number of halogens is 1. The maximum Gasteiger partial charge on any atom is 0.267 e. The van der Waals surface area contributed by atoms with E-state index in [-0.39, 0.29) is 5.91 Å². The smallest absolute Gasteiger partial charge is 0.267 e. The van der Waals surface area contributed by atoms with Crippen molar-refractivity contribution in [2.45, 2.75) is 32.6 Å². The number of aromatic nitrogens is 1. The molecular formula is C11H17BrN2O. The van der Waals surface area contributed by atoms with E-state index < -0.39 is 0 Å². The van der Waals surface area contributed by atoms with Gasteiger partial charge in [-0.1, -0.05) is 26.2 Å². The summed E-state index contributed by atoms with van der Waals surface area (Å²) in [4.78, 5) is 14.4. The SMILES string of the molecule is CCCCCCNC(=O)c1cc(Br)c[nH]1. The van der Waals surface area contributed by atoms with Crippen LogP contribution >= 0.6 is 15.9 Å². The van der Waals surface area contributed by atoms with Crippen molar-refractivity contribution < 1.29 is 4.79 Å². The topological polar surface area (TPSA) is 44.9 Å². The van der Waals surface area contributed by atoms with Gasteiger partial charge in [-0.05, 0) is 28.4 Å². The maximum atomic E-state index is 11.5. The Bertz CT molecular complexity index is 309. The van der Waals surface area contributed by atoms with E-state index in [0.717, 1.165) is 17.4 Å². The van der Waals surface area contributed by atoms with Gasteiger partial charge in [0.2, 0.25) is 0 Å². The highest BCUT2D eigenvalue weighted by atomic mass is 79.9. The Balaban J connectivity index is 2.19. The maximum absolute atomic E-state index is 11.5. The lowest BCUT2D eigenvalue weighted by Gasteiger charge is -2.02. The fourth-order valence-electron chi connectivity index (χ4n) is 1.35. The van der Waals surface area contributed by atoms with Crippen LogP contribution in [-0.4, -0.2) is 17.4 Å². The number of carbonyl (C=O) groups excluding carboxylic acids is 1. The molecule has 0 aliphatic rings. The highest BCUT2D eigenvalue weighted by molar-refractivity contribution is 9.10. The summed E-state index contributed by atoms with van der Waals surface area (Å²) in [5, 5.41) is 2.88. The summed E-state index contributed by atoms with van der Waals surface area (Å²) in [7, 11) is 0. The van der Waals surface area contributed by atoms with Gasteiger partial charge in [-0.15, -0.1) is 0 Å². The third kappa shape index (κ3) is 4.51. The monoisotopic (exact) mass is 272 g/mol. The molecule has 3 nitrogen and oxygen atoms in total. The molecule has 0 fully saturated rings. The molecule has 0 saturated heterocycles. The van der Waals surface area contributed by atoms with E-state index in [1.54, 1.807) is 12.3 Å². The van der Waals surface area contributed by atoms with Crippen LogP contribution in [0.25, 0.3) is 0 Å². The summed E-state index contributed by atoms with van der Waals surface area (Å²) < 4.78 is 0.902. The molecule has 0 aliphatic heterocycles. The van der Waals surface area contributed by atoms with Crippen LogP contribution in [0.4, 0.5) is 0 Å². The van der Waals surface area contributed by atoms with Crippen LogP contribution in [0.3, 0.4) is 0 Å². The molecule has 15 heavy (non-hydrogen) atoms.